The zero-order valence-corrected chi connectivity index (χ0v) is 13.3. The summed E-state index contributed by atoms with van der Waals surface area (Å²) in [5.41, 5.74) is 1.78. The minimum absolute atomic E-state index is 0.0200. The van der Waals surface area contributed by atoms with Gasteiger partial charge in [0.25, 0.3) is 11.7 Å². The lowest BCUT2D eigenvalue weighted by molar-refractivity contribution is -0.139. The fraction of sp³-hybridized carbons (Fsp3) is 0.312. The molecule has 7 nitrogen and oxygen atoms in total. The standard InChI is InChI=1S/C16H17N3O4/c1-8-11(9(2)19(4)17-8)14(20)12-13(10-6-5-7-23-10)18(3)16(22)15(12)21/h5-7,13,20H,1-4H3/b14-12+. The minimum Gasteiger partial charge on any atom is -0.507 e. The Balaban J connectivity index is 2.25. The molecule has 1 amide bonds. The van der Waals surface area contributed by atoms with Gasteiger partial charge >= 0.3 is 0 Å². The fourth-order valence-electron chi connectivity index (χ4n) is 2.98. The van der Waals surface area contributed by atoms with Crippen LogP contribution in [0, 0.1) is 13.8 Å². The number of hydrogen-bond donors (Lipinski definition) is 1. The smallest absolute Gasteiger partial charge is 0.295 e. The van der Waals surface area contributed by atoms with Crippen LogP contribution in [0.1, 0.15) is 28.8 Å². The third kappa shape index (κ3) is 2.08. The lowest BCUT2D eigenvalue weighted by Gasteiger charge is -2.18. The van der Waals surface area contributed by atoms with Crippen molar-refractivity contribution in [1.82, 2.24) is 14.7 Å². The summed E-state index contributed by atoms with van der Waals surface area (Å²) in [5.74, 6) is -1.20. The van der Waals surface area contributed by atoms with Crippen LogP contribution in [-0.4, -0.2) is 38.5 Å². The van der Waals surface area contributed by atoms with Crippen molar-refractivity contribution < 1.29 is 19.1 Å². The molecule has 7 heteroatoms. The van der Waals surface area contributed by atoms with Crippen LogP contribution in [0.3, 0.4) is 0 Å². The molecule has 3 heterocycles. The van der Waals surface area contributed by atoms with E-state index in [4.69, 9.17) is 4.42 Å². The number of hydrogen-bond acceptors (Lipinski definition) is 5. The Kier molecular flexibility index (Phi) is 3.35. The van der Waals surface area contributed by atoms with Gasteiger partial charge in [-0.2, -0.15) is 5.10 Å². The molecule has 1 atom stereocenters. The molecule has 0 bridgehead atoms. The Morgan fingerprint density at radius 1 is 1.30 bits per heavy atom. The number of carbonyl (C=O) groups excluding carboxylic acids is 2. The van der Waals surface area contributed by atoms with Gasteiger partial charge in [-0.3, -0.25) is 14.3 Å². The number of aromatic nitrogens is 2. The average molecular weight is 315 g/mol. The molecule has 23 heavy (non-hydrogen) atoms. The minimum atomic E-state index is -0.746. The summed E-state index contributed by atoms with van der Waals surface area (Å²) in [6.07, 6.45) is 1.46. The van der Waals surface area contributed by atoms with E-state index in [9.17, 15) is 14.7 Å². The fourth-order valence-corrected chi connectivity index (χ4v) is 2.98. The van der Waals surface area contributed by atoms with E-state index >= 15 is 0 Å². The van der Waals surface area contributed by atoms with E-state index in [2.05, 4.69) is 5.10 Å². The van der Waals surface area contributed by atoms with Gasteiger partial charge in [0, 0.05) is 19.8 Å². The first kappa shape index (κ1) is 15.1. The van der Waals surface area contributed by atoms with Crippen molar-refractivity contribution >= 4 is 17.4 Å². The van der Waals surface area contributed by atoms with Crippen molar-refractivity contribution in [1.29, 1.82) is 0 Å². The van der Waals surface area contributed by atoms with Crippen LogP contribution in [-0.2, 0) is 16.6 Å². The van der Waals surface area contributed by atoms with Crippen molar-refractivity contribution in [2.45, 2.75) is 19.9 Å². The van der Waals surface area contributed by atoms with E-state index < -0.39 is 17.7 Å². The van der Waals surface area contributed by atoms with E-state index in [1.54, 1.807) is 37.7 Å². The van der Waals surface area contributed by atoms with E-state index in [1.807, 2.05) is 0 Å². The second kappa shape index (κ2) is 5.12. The maximum Gasteiger partial charge on any atom is 0.295 e. The highest BCUT2D eigenvalue weighted by molar-refractivity contribution is 6.46. The molecule has 1 fully saturated rings. The predicted octanol–water partition coefficient (Wildman–Crippen LogP) is 1.68. The van der Waals surface area contributed by atoms with Gasteiger partial charge in [0.05, 0.1) is 23.1 Å². The molecule has 1 unspecified atom stereocenters. The highest BCUT2D eigenvalue weighted by Crippen LogP contribution is 2.39. The van der Waals surface area contributed by atoms with Crippen molar-refractivity contribution in [2.75, 3.05) is 7.05 Å². The molecule has 0 saturated carbocycles. The first-order valence-electron chi connectivity index (χ1n) is 7.13. The third-order valence-corrected chi connectivity index (χ3v) is 4.23. The third-order valence-electron chi connectivity index (χ3n) is 4.23. The molecule has 1 N–H and O–H groups in total. The summed E-state index contributed by atoms with van der Waals surface area (Å²) in [6.45, 7) is 3.53. The summed E-state index contributed by atoms with van der Waals surface area (Å²) >= 11 is 0. The summed E-state index contributed by atoms with van der Waals surface area (Å²) in [7, 11) is 3.26. The molecule has 0 radical (unpaired) electrons. The second-order valence-electron chi connectivity index (χ2n) is 5.59. The topological polar surface area (TPSA) is 88.6 Å². The number of aryl methyl sites for hydroxylation is 2. The van der Waals surface area contributed by atoms with Crippen LogP contribution >= 0.6 is 0 Å². The Morgan fingerprint density at radius 2 is 2.00 bits per heavy atom. The van der Waals surface area contributed by atoms with Crippen LogP contribution in [0.25, 0.3) is 5.76 Å². The zero-order valence-electron chi connectivity index (χ0n) is 13.3. The monoisotopic (exact) mass is 315 g/mol. The number of carbonyl (C=O) groups is 2. The SMILES string of the molecule is Cc1nn(C)c(C)c1/C(O)=C1\C(=O)C(=O)N(C)C1c1ccco1. The Hall–Kier alpha value is -2.83. The molecule has 1 saturated heterocycles. The molecule has 0 spiro atoms. The average Bonchev–Trinajstić information content (AvgIpc) is 3.16. The number of ketones is 1. The number of furan rings is 1. The van der Waals surface area contributed by atoms with Gasteiger partial charge in [0.2, 0.25) is 0 Å². The highest BCUT2D eigenvalue weighted by atomic mass is 16.3. The van der Waals surface area contributed by atoms with Gasteiger partial charge in [-0.05, 0) is 26.0 Å². The van der Waals surface area contributed by atoms with Gasteiger partial charge in [0.1, 0.15) is 17.6 Å². The quantitative estimate of drug-likeness (QED) is 0.517. The van der Waals surface area contributed by atoms with Gasteiger partial charge in [0.15, 0.2) is 0 Å². The number of aliphatic hydroxyl groups excluding tert-OH is 1. The van der Waals surface area contributed by atoms with Crippen molar-refractivity contribution in [3.8, 4) is 0 Å². The van der Waals surface area contributed by atoms with Crippen LogP contribution < -0.4 is 0 Å². The van der Waals surface area contributed by atoms with Gasteiger partial charge in [-0.25, -0.2) is 0 Å². The maximum absolute atomic E-state index is 12.4. The number of Topliss-reactive ketones (excluding diaryl/α,β-unsaturated/α-hetero) is 1. The molecular formula is C16H17N3O4. The zero-order chi connectivity index (χ0) is 16.9. The summed E-state index contributed by atoms with van der Waals surface area (Å²) in [4.78, 5) is 25.8. The first-order valence-corrected chi connectivity index (χ1v) is 7.13. The van der Waals surface area contributed by atoms with Crippen molar-refractivity contribution in [3.63, 3.8) is 0 Å². The number of rotatable bonds is 2. The van der Waals surface area contributed by atoms with Crippen LogP contribution in [0.5, 0.6) is 0 Å². The Morgan fingerprint density at radius 3 is 2.52 bits per heavy atom. The van der Waals surface area contributed by atoms with Gasteiger partial charge < -0.3 is 14.4 Å². The lowest BCUT2D eigenvalue weighted by Crippen LogP contribution is -2.24. The lowest BCUT2D eigenvalue weighted by atomic mass is 9.98. The molecule has 2 aromatic rings. The van der Waals surface area contributed by atoms with E-state index in [0.29, 0.717) is 22.7 Å². The Bertz CT molecular complexity index is 830. The molecule has 3 rings (SSSR count). The van der Waals surface area contributed by atoms with Gasteiger partial charge in [-0.1, -0.05) is 0 Å². The van der Waals surface area contributed by atoms with E-state index in [-0.39, 0.29) is 11.3 Å². The molecule has 1 aliphatic rings. The van der Waals surface area contributed by atoms with Crippen molar-refractivity contribution in [3.05, 3.63) is 46.7 Å². The molecular weight excluding hydrogens is 298 g/mol. The summed E-state index contributed by atoms with van der Waals surface area (Å²) < 4.78 is 6.97. The van der Waals surface area contributed by atoms with Crippen LogP contribution in [0.15, 0.2) is 28.4 Å². The largest absolute Gasteiger partial charge is 0.507 e. The summed E-state index contributed by atoms with van der Waals surface area (Å²) in [6, 6.07) is 2.60. The van der Waals surface area contributed by atoms with E-state index in [1.165, 1.54) is 18.2 Å². The summed E-state index contributed by atoms with van der Waals surface area (Å²) in [5, 5.41) is 15.0. The number of amides is 1. The second-order valence-corrected chi connectivity index (χ2v) is 5.59. The molecule has 0 aromatic carbocycles. The van der Waals surface area contributed by atoms with Crippen LogP contribution in [0.4, 0.5) is 0 Å². The van der Waals surface area contributed by atoms with E-state index in [0.717, 1.165) is 0 Å². The molecule has 120 valence electrons. The predicted molar refractivity (Wildman–Crippen MR) is 81.5 cm³/mol. The molecule has 2 aromatic heterocycles. The first-order chi connectivity index (χ1) is 10.8. The number of likely N-dealkylation sites (N-methyl/N-ethyl adjacent to an activating group) is 1. The molecule has 0 aliphatic carbocycles. The van der Waals surface area contributed by atoms with Gasteiger partial charge in [-0.15, -0.1) is 0 Å². The normalized spacial score (nSPS) is 20.5. The van der Waals surface area contributed by atoms with Crippen molar-refractivity contribution in [2.24, 2.45) is 7.05 Å². The molecule has 1 aliphatic heterocycles. The van der Waals surface area contributed by atoms with Crippen LogP contribution in [0.2, 0.25) is 0 Å². The number of aliphatic hydroxyl groups is 1. The maximum atomic E-state index is 12.4. The number of likely N-dealkylation sites (tertiary alicyclic amines) is 1. The number of nitrogens with zero attached hydrogens (tertiary/aromatic N) is 3. The highest BCUT2D eigenvalue weighted by Gasteiger charge is 2.46. The Labute approximate surface area is 132 Å².